The van der Waals surface area contributed by atoms with Gasteiger partial charge in [-0.2, -0.15) is 5.10 Å². The van der Waals surface area contributed by atoms with E-state index in [1.165, 1.54) is 24.3 Å². The molecule has 1 heterocycles. The van der Waals surface area contributed by atoms with Crippen LogP contribution in [0.3, 0.4) is 0 Å². The highest BCUT2D eigenvalue weighted by Crippen LogP contribution is 2.33. The van der Waals surface area contributed by atoms with Gasteiger partial charge in [-0.15, -0.1) is 0 Å². The highest BCUT2D eigenvalue weighted by molar-refractivity contribution is 6.06. The van der Waals surface area contributed by atoms with Gasteiger partial charge in [-0.1, -0.05) is 36.4 Å². The molecule has 176 valence electrons. The quantitative estimate of drug-likeness (QED) is 0.234. The third-order valence-electron chi connectivity index (χ3n) is 5.04. The minimum Gasteiger partial charge on any atom is -0.454 e. The van der Waals surface area contributed by atoms with Crippen LogP contribution >= 0.6 is 0 Å². The highest BCUT2D eigenvalue weighted by Gasteiger charge is 2.17. The number of nitrogens with one attached hydrogen (secondary N) is 2. The Morgan fingerprint density at radius 3 is 2.49 bits per heavy atom. The number of nitrogens with zero attached hydrogens (tertiary/aromatic N) is 2. The maximum absolute atomic E-state index is 13.0. The number of hydrogen-bond acceptors (Lipinski definition) is 7. The van der Waals surface area contributed by atoms with E-state index in [2.05, 4.69) is 15.8 Å². The number of benzene rings is 3. The molecule has 35 heavy (non-hydrogen) atoms. The van der Waals surface area contributed by atoms with Crippen LogP contribution < -0.4 is 20.2 Å². The summed E-state index contributed by atoms with van der Waals surface area (Å²) in [6.45, 7) is 1.70. The van der Waals surface area contributed by atoms with Gasteiger partial charge in [0.1, 0.15) is 5.70 Å². The molecule has 0 aromatic heterocycles. The smallest absolute Gasteiger partial charge is 0.287 e. The summed E-state index contributed by atoms with van der Waals surface area (Å²) in [7, 11) is 0. The van der Waals surface area contributed by atoms with Crippen molar-refractivity contribution in [1.82, 2.24) is 10.7 Å². The van der Waals surface area contributed by atoms with E-state index in [9.17, 15) is 19.7 Å². The molecule has 4 rings (SSSR count). The van der Waals surface area contributed by atoms with Crippen LogP contribution in [0.2, 0.25) is 0 Å². The molecular weight excluding hydrogens is 452 g/mol. The monoisotopic (exact) mass is 472 g/mol. The lowest BCUT2D eigenvalue weighted by Crippen LogP contribution is -2.33. The Kier molecular flexibility index (Phi) is 6.82. The summed E-state index contributed by atoms with van der Waals surface area (Å²) in [6.07, 6.45) is 1.48. The fourth-order valence-electron chi connectivity index (χ4n) is 3.22. The maximum atomic E-state index is 13.0. The number of rotatable bonds is 7. The SMILES string of the molecule is CC(=NNC(=O)C(=Cc1ccc2c(c1)OCO2)NC(=O)c1ccccc1)c1cccc([N+](=O)[O-])c1. The number of fused-ring (bicyclic) bond motifs is 1. The van der Waals surface area contributed by atoms with E-state index in [-0.39, 0.29) is 18.2 Å². The Labute approximate surface area is 200 Å². The minimum absolute atomic E-state index is 0.0617. The normalized spacial score (nSPS) is 12.7. The van der Waals surface area contributed by atoms with E-state index in [0.29, 0.717) is 33.9 Å². The van der Waals surface area contributed by atoms with Crippen LogP contribution in [0, 0.1) is 10.1 Å². The Morgan fingerprint density at radius 1 is 0.971 bits per heavy atom. The molecule has 0 unspecified atom stereocenters. The van der Waals surface area contributed by atoms with Gasteiger partial charge < -0.3 is 14.8 Å². The van der Waals surface area contributed by atoms with Crippen molar-refractivity contribution < 1.29 is 24.0 Å². The van der Waals surface area contributed by atoms with Crippen LogP contribution in [0.15, 0.2) is 83.6 Å². The largest absolute Gasteiger partial charge is 0.454 e. The molecule has 0 fully saturated rings. The number of carbonyl (C=O) groups excluding carboxylic acids is 2. The molecular formula is C25H20N4O6. The van der Waals surface area contributed by atoms with Crippen LogP contribution in [-0.4, -0.2) is 29.2 Å². The summed E-state index contributed by atoms with van der Waals surface area (Å²) in [5.41, 5.74) is 4.01. The number of amides is 2. The van der Waals surface area contributed by atoms with Gasteiger partial charge in [0.15, 0.2) is 11.5 Å². The van der Waals surface area contributed by atoms with Crippen LogP contribution in [0.1, 0.15) is 28.4 Å². The molecule has 0 bridgehead atoms. The van der Waals surface area contributed by atoms with E-state index < -0.39 is 16.7 Å². The van der Waals surface area contributed by atoms with E-state index in [0.717, 1.165) is 0 Å². The zero-order valence-electron chi connectivity index (χ0n) is 18.6. The first-order valence-electron chi connectivity index (χ1n) is 10.5. The van der Waals surface area contributed by atoms with Gasteiger partial charge in [0.2, 0.25) is 6.79 Å². The summed E-state index contributed by atoms with van der Waals surface area (Å²) in [6, 6.07) is 19.4. The van der Waals surface area contributed by atoms with Crippen molar-refractivity contribution in [3.63, 3.8) is 0 Å². The third-order valence-corrected chi connectivity index (χ3v) is 5.04. The Balaban J connectivity index is 1.59. The maximum Gasteiger partial charge on any atom is 0.287 e. The molecule has 10 heteroatoms. The molecule has 0 saturated heterocycles. The summed E-state index contributed by atoms with van der Waals surface area (Å²) in [4.78, 5) is 36.2. The molecule has 0 saturated carbocycles. The predicted octanol–water partition coefficient (Wildman–Crippen LogP) is 3.63. The van der Waals surface area contributed by atoms with E-state index in [4.69, 9.17) is 9.47 Å². The molecule has 0 spiro atoms. The number of nitro groups is 1. The molecule has 1 aliphatic heterocycles. The minimum atomic E-state index is -0.684. The molecule has 10 nitrogen and oxygen atoms in total. The first kappa shape index (κ1) is 23.2. The van der Waals surface area contributed by atoms with E-state index in [1.54, 1.807) is 61.5 Å². The van der Waals surface area contributed by atoms with Crippen LogP contribution in [-0.2, 0) is 4.79 Å². The Bertz CT molecular complexity index is 1350. The number of carbonyl (C=O) groups is 2. The molecule has 3 aromatic carbocycles. The zero-order chi connectivity index (χ0) is 24.8. The lowest BCUT2D eigenvalue weighted by Gasteiger charge is -2.10. The second kappa shape index (κ2) is 10.3. The van der Waals surface area contributed by atoms with Gasteiger partial charge in [0.05, 0.1) is 10.6 Å². The average molecular weight is 472 g/mol. The average Bonchev–Trinajstić information content (AvgIpc) is 3.35. The first-order chi connectivity index (χ1) is 16.9. The number of hydrogen-bond donors (Lipinski definition) is 2. The number of nitro benzene ring substituents is 1. The Morgan fingerprint density at radius 2 is 1.71 bits per heavy atom. The van der Waals surface area contributed by atoms with Crippen LogP contribution in [0.4, 0.5) is 5.69 Å². The van der Waals surface area contributed by atoms with Crippen molar-refractivity contribution in [2.45, 2.75) is 6.92 Å². The van der Waals surface area contributed by atoms with Crippen molar-refractivity contribution in [1.29, 1.82) is 0 Å². The van der Waals surface area contributed by atoms with Crippen molar-refractivity contribution in [2.24, 2.45) is 5.10 Å². The summed E-state index contributed by atoms with van der Waals surface area (Å²) in [5.74, 6) is -0.0602. The first-order valence-corrected chi connectivity index (χ1v) is 10.5. The molecule has 0 atom stereocenters. The Hall–Kier alpha value is -4.99. The number of hydrazone groups is 1. The van der Waals surface area contributed by atoms with Crippen LogP contribution in [0.5, 0.6) is 11.5 Å². The topological polar surface area (TPSA) is 132 Å². The van der Waals surface area contributed by atoms with Crippen molar-refractivity contribution in [2.75, 3.05) is 6.79 Å². The van der Waals surface area contributed by atoms with Crippen molar-refractivity contribution in [3.05, 3.63) is 105 Å². The van der Waals surface area contributed by atoms with Crippen molar-refractivity contribution >= 4 is 29.3 Å². The van der Waals surface area contributed by atoms with E-state index >= 15 is 0 Å². The molecule has 2 amide bonds. The molecule has 3 aromatic rings. The van der Waals surface area contributed by atoms with Crippen LogP contribution in [0.25, 0.3) is 6.08 Å². The van der Waals surface area contributed by atoms with Gasteiger partial charge in [0, 0.05) is 23.3 Å². The van der Waals surface area contributed by atoms with Gasteiger partial charge in [-0.05, 0) is 42.8 Å². The molecule has 2 N–H and O–H groups in total. The second-order valence-electron chi connectivity index (χ2n) is 7.44. The van der Waals surface area contributed by atoms with Gasteiger partial charge in [0.25, 0.3) is 17.5 Å². The van der Waals surface area contributed by atoms with Gasteiger partial charge in [-0.3, -0.25) is 19.7 Å². The van der Waals surface area contributed by atoms with Crippen molar-refractivity contribution in [3.8, 4) is 11.5 Å². The van der Waals surface area contributed by atoms with E-state index in [1.807, 2.05) is 0 Å². The molecule has 1 aliphatic rings. The molecule has 0 aliphatic carbocycles. The molecule has 0 radical (unpaired) electrons. The predicted molar refractivity (Wildman–Crippen MR) is 128 cm³/mol. The zero-order valence-corrected chi connectivity index (χ0v) is 18.6. The highest BCUT2D eigenvalue weighted by atomic mass is 16.7. The van der Waals surface area contributed by atoms with Gasteiger partial charge >= 0.3 is 0 Å². The number of ether oxygens (including phenoxy) is 2. The third kappa shape index (κ3) is 5.69. The summed E-state index contributed by atoms with van der Waals surface area (Å²) < 4.78 is 10.7. The summed E-state index contributed by atoms with van der Waals surface area (Å²) >= 11 is 0. The summed E-state index contributed by atoms with van der Waals surface area (Å²) in [5, 5.41) is 17.7. The lowest BCUT2D eigenvalue weighted by atomic mass is 10.1. The standard InChI is InChI=1S/C25H20N4O6/c1-16(19-8-5-9-20(14-19)29(32)33)27-28-25(31)21(26-24(30)18-6-3-2-4-7-18)12-17-10-11-22-23(13-17)35-15-34-22/h2-14H,15H2,1H3,(H,26,30)(H,28,31). The number of non-ortho nitro benzene ring substituents is 1. The second-order valence-corrected chi connectivity index (χ2v) is 7.44. The lowest BCUT2D eigenvalue weighted by molar-refractivity contribution is -0.384. The fraction of sp³-hybridized carbons (Fsp3) is 0.0800. The fourth-order valence-corrected chi connectivity index (χ4v) is 3.22. The van der Waals surface area contributed by atoms with Gasteiger partial charge in [-0.25, -0.2) is 5.43 Å².